The molecule has 0 aliphatic carbocycles. The van der Waals surface area contributed by atoms with Crippen molar-refractivity contribution in [2.75, 3.05) is 6.61 Å². The van der Waals surface area contributed by atoms with Crippen molar-refractivity contribution in [2.45, 2.75) is 5.92 Å². The minimum absolute atomic E-state index is 0. The fraction of sp³-hybridized carbons (Fsp3) is 0.154. The van der Waals surface area contributed by atoms with Gasteiger partial charge in [0.2, 0.25) is 0 Å². The van der Waals surface area contributed by atoms with Crippen LogP contribution in [0.3, 0.4) is 0 Å². The Morgan fingerprint density at radius 3 is 2.45 bits per heavy atom. The Balaban J connectivity index is 0.00000220. The number of rotatable bonds is 5. The van der Waals surface area contributed by atoms with E-state index in [0.717, 1.165) is 12.5 Å². The van der Waals surface area contributed by atoms with Crippen molar-refractivity contribution in [3.05, 3.63) is 47.3 Å². The number of halogens is 3. The third-order valence-electron chi connectivity index (χ3n) is 2.41. The first-order valence-electron chi connectivity index (χ1n) is 5.52. The predicted molar refractivity (Wildman–Crippen MR) is 71.2 cm³/mol. The van der Waals surface area contributed by atoms with Gasteiger partial charge in [-0.2, -0.15) is 8.78 Å². The molecule has 0 amide bonds. The molecule has 0 fully saturated rings. The summed E-state index contributed by atoms with van der Waals surface area (Å²) in [6.07, 6.45) is 1.53. The molecule has 1 N–H and O–H groups in total. The molecule has 0 aliphatic heterocycles. The van der Waals surface area contributed by atoms with Gasteiger partial charge < -0.3 is 15.0 Å². The van der Waals surface area contributed by atoms with Crippen LogP contribution >= 0.6 is 11.6 Å². The van der Waals surface area contributed by atoms with Gasteiger partial charge >= 0.3 is 35.5 Å². The van der Waals surface area contributed by atoms with Gasteiger partial charge in [-0.05, 0) is 24.3 Å². The number of aromatic nitrogens is 2. The second kappa shape index (κ2) is 9.12. The van der Waals surface area contributed by atoms with Gasteiger partial charge in [-0.15, -0.1) is 0 Å². The number of para-hydroxylation sites is 2. The summed E-state index contributed by atoms with van der Waals surface area (Å²) in [7, 11) is 0. The molecule has 112 valence electrons. The van der Waals surface area contributed by atoms with Gasteiger partial charge in [-0.3, -0.25) is 0 Å². The molecule has 1 aromatic heterocycles. The first kappa shape index (κ1) is 20.9. The molecule has 0 unspecified atom stereocenters. The Kier molecular flexibility index (Phi) is 8.65. The average Bonchev–Trinajstić information content (AvgIpc) is 2.43. The van der Waals surface area contributed by atoms with Crippen LogP contribution in [0.25, 0.3) is 11.0 Å². The molecule has 0 saturated heterocycles. The van der Waals surface area contributed by atoms with Gasteiger partial charge in [0, 0.05) is 0 Å². The third kappa shape index (κ3) is 4.96. The van der Waals surface area contributed by atoms with Gasteiger partial charge in [0.05, 0.1) is 17.6 Å². The molecule has 0 radical (unpaired) electrons. The van der Waals surface area contributed by atoms with Crippen LogP contribution in [-0.2, 0) is 15.5 Å². The molecule has 0 spiro atoms. The summed E-state index contributed by atoms with van der Waals surface area (Å²) in [6.45, 7) is 0.821. The molecular formula is C13H9ClF2N2NaO3-. The Morgan fingerprint density at radius 1 is 1.27 bits per heavy atom. The smallest absolute Gasteiger partial charge is 0.870 e. The minimum Gasteiger partial charge on any atom is -0.870 e. The number of fused-ring (bicyclic) bond motifs is 1. The van der Waals surface area contributed by atoms with Crippen molar-refractivity contribution in [1.82, 2.24) is 9.97 Å². The molecule has 2 rings (SSSR count). The largest absolute Gasteiger partial charge is 1.00 e. The van der Waals surface area contributed by atoms with E-state index in [2.05, 4.69) is 14.7 Å². The number of allylic oxidation sites excluding steroid dienone is 1. The van der Waals surface area contributed by atoms with Crippen LogP contribution < -0.4 is 29.6 Å². The van der Waals surface area contributed by atoms with E-state index in [0.29, 0.717) is 17.1 Å². The molecule has 2 aromatic rings. The topological polar surface area (TPSA) is 82.1 Å². The van der Waals surface area contributed by atoms with Gasteiger partial charge in [0.15, 0.2) is 10.8 Å². The van der Waals surface area contributed by atoms with Gasteiger partial charge in [-0.25, -0.2) is 9.97 Å². The molecule has 1 heterocycles. The van der Waals surface area contributed by atoms with Crippen LogP contribution in [0.1, 0.15) is 5.69 Å². The molecule has 22 heavy (non-hydrogen) atoms. The fourth-order valence-corrected chi connectivity index (χ4v) is 1.81. The van der Waals surface area contributed by atoms with Crippen molar-refractivity contribution >= 4 is 29.1 Å². The molecule has 0 atom stereocenters. The van der Waals surface area contributed by atoms with Crippen molar-refractivity contribution in [2.24, 2.45) is 0 Å². The summed E-state index contributed by atoms with van der Waals surface area (Å²) in [4.78, 5) is 17.5. The number of ether oxygens (including phenoxy) is 1. The standard InChI is InChI=1S/C13H8ClF2N2O2.Na.H2O/c14-12-11(13(15,16)6-3-7-20-8-19)17-9-4-1-2-5-10(9)18-12;;/h1-6H,7H2;;1H2/q-1;+1;/p-1/b6-3+;;. The minimum atomic E-state index is -3.42. The summed E-state index contributed by atoms with van der Waals surface area (Å²) in [5.74, 6) is -3.42. The molecular weight excluding hydrogens is 329 g/mol. The second-order valence-corrected chi connectivity index (χ2v) is 4.13. The number of hydrogen-bond donors (Lipinski definition) is 0. The Labute approximate surface area is 151 Å². The van der Waals surface area contributed by atoms with E-state index in [1.165, 1.54) is 0 Å². The van der Waals surface area contributed by atoms with Crippen LogP contribution in [-0.4, -0.2) is 28.5 Å². The average molecular weight is 338 g/mol. The van der Waals surface area contributed by atoms with E-state index in [-0.39, 0.29) is 46.8 Å². The van der Waals surface area contributed by atoms with E-state index in [1.807, 2.05) is 0 Å². The number of nitrogens with zero attached hydrogens (tertiary/aromatic N) is 2. The van der Waals surface area contributed by atoms with Gasteiger partial charge in [-0.1, -0.05) is 30.2 Å². The molecule has 0 bridgehead atoms. The quantitative estimate of drug-likeness (QED) is 0.328. The third-order valence-corrected chi connectivity index (χ3v) is 2.67. The maximum absolute atomic E-state index is 13.9. The monoisotopic (exact) mass is 337 g/mol. The van der Waals surface area contributed by atoms with Crippen LogP contribution in [0.5, 0.6) is 0 Å². The summed E-state index contributed by atoms with van der Waals surface area (Å²) >= 11 is 5.75. The van der Waals surface area contributed by atoms with Crippen LogP contribution in [0.2, 0.25) is 5.15 Å². The number of carbonyl (C=O) groups excluding carboxylic acids is 1. The van der Waals surface area contributed by atoms with Gasteiger partial charge in [0.25, 0.3) is 0 Å². The molecule has 9 heteroatoms. The maximum atomic E-state index is 13.9. The van der Waals surface area contributed by atoms with Crippen molar-refractivity contribution < 1.29 is 53.3 Å². The van der Waals surface area contributed by atoms with Gasteiger partial charge in [0.1, 0.15) is 0 Å². The number of alkyl halides is 2. The van der Waals surface area contributed by atoms with E-state index in [4.69, 9.17) is 11.6 Å². The Hall–Kier alpha value is -1.12. The zero-order valence-electron chi connectivity index (χ0n) is 11.5. The summed E-state index contributed by atoms with van der Waals surface area (Å²) in [5.41, 5.74) is 0.0987. The Bertz CT molecular complexity index is 671. The predicted octanol–water partition coefficient (Wildman–Crippen LogP) is -0.158. The van der Waals surface area contributed by atoms with E-state index < -0.39 is 11.6 Å². The molecule has 0 saturated carbocycles. The zero-order valence-corrected chi connectivity index (χ0v) is 14.2. The normalized spacial score (nSPS) is 10.9. The zero-order chi connectivity index (χ0) is 14.6. The van der Waals surface area contributed by atoms with Crippen LogP contribution in [0.15, 0.2) is 36.4 Å². The second-order valence-electron chi connectivity index (χ2n) is 3.77. The first-order chi connectivity index (χ1) is 9.54. The molecule has 1 aromatic carbocycles. The number of hydrogen-bond acceptors (Lipinski definition) is 5. The van der Waals surface area contributed by atoms with Crippen LogP contribution in [0.4, 0.5) is 8.78 Å². The number of benzene rings is 1. The summed E-state index contributed by atoms with van der Waals surface area (Å²) in [6, 6.07) is 6.56. The SMILES string of the molecule is O=[C-]OC/C=C/C(F)(F)c1nc2ccccc2nc1Cl.[Na+].[OH-]. The summed E-state index contributed by atoms with van der Waals surface area (Å²) < 4.78 is 32.1. The van der Waals surface area contributed by atoms with Crippen molar-refractivity contribution in [3.63, 3.8) is 0 Å². The molecule has 5 nitrogen and oxygen atoms in total. The van der Waals surface area contributed by atoms with E-state index in [1.54, 1.807) is 24.3 Å². The fourth-order valence-electron chi connectivity index (χ4n) is 1.55. The maximum Gasteiger partial charge on any atom is 1.00 e. The summed E-state index contributed by atoms with van der Waals surface area (Å²) in [5, 5.41) is -0.374. The van der Waals surface area contributed by atoms with Crippen molar-refractivity contribution in [3.8, 4) is 0 Å². The first-order valence-corrected chi connectivity index (χ1v) is 5.89. The molecule has 0 aliphatic rings. The van der Waals surface area contributed by atoms with Crippen molar-refractivity contribution in [1.29, 1.82) is 0 Å². The van der Waals surface area contributed by atoms with Crippen LogP contribution in [0, 0.1) is 0 Å². The van der Waals surface area contributed by atoms with E-state index >= 15 is 0 Å². The van der Waals surface area contributed by atoms with E-state index in [9.17, 15) is 13.6 Å². The Morgan fingerprint density at radius 2 is 1.86 bits per heavy atom.